The second-order valence-electron chi connectivity index (χ2n) is 1.94. The van der Waals surface area contributed by atoms with E-state index in [4.69, 9.17) is 0 Å². The zero-order valence-electron chi connectivity index (χ0n) is 6.39. The van der Waals surface area contributed by atoms with Gasteiger partial charge in [0.2, 0.25) is 0 Å². The van der Waals surface area contributed by atoms with Crippen LogP contribution in [0.25, 0.3) is 0 Å². The average molecular weight is 122 g/mol. The number of allylic oxidation sites excluding steroid dienone is 6. The molecule has 0 aromatic heterocycles. The normalized spacial score (nSPS) is 13.9. The fourth-order valence-electron chi connectivity index (χ4n) is 0.566. The molecule has 0 heterocycles. The molecule has 0 bridgehead atoms. The van der Waals surface area contributed by atoms with Crippen LogP contribution in [0, 0.1) is 0 Å². The van der Waals surface area contributed by atoms with Crippen molar-refractivity contribution in [2.45, 2.75) is 20.8 Å². The van der Waals surface area contributed by atoms with Crippen molar-refractivity contribution in [2.24, 2.45) is 0 Å². The van der Waals surface area contributed by atoms with Crippen LogP contribution in [0.4, 0.5) is 0 Å². The van der Waals surface area contributed by atoms with E-state index in [1.165, 1.54) is 5.57 Å². The minimum Gasteiger partial charge on any atom is -0.0877 e. The second-order valence-corrected chi connectivity index (χ2v) is 1.94. The van der Waals surface area contributed by atoms with Crippen LogP contribution in [0.15, 0.2) is 36.0 Å². The summed E-state index contributed by atoms with van der Waals surface area (Å²) in [6, 6.07) is 0. The van der Waals surface area contributed by atoms with Crippen LogP contribution in [0.1, 0.15) is 20.8 Å². The Hall–Kier alpha value is -0.780. The summed E-state index contributed by atoms with van der Waals surface area (Å²) in [5.74, 6) is 0. The molecule has 9 heavy (non-hydrogen) atoms. The number of hydrogen-bond acceptors (Lipinski definition) is 0. The summed E-state index contributed by atoms with van der Waals surface area (Å²) in [4.78, 5) is 0. The highest BCUT2D eigenvalue weighted by molar-refractivity contribution is 5.20. The molecule has 0 saturated heterocycles. The molecule has 0 N–H and O–H groups in total. The Bertz CT molecular complexity index is 136. The fourth-order valence-corrected chi connectivity index (χ4v) is 0.566. The van der Waals surface area contributed by atoms with Gasteiger partial charge in [0.15, 0.2) is 0 Å². The molecule has 0 saturated carbocycles. The molecule has 0 amide bonds. The van der Waals surface area contributed by atoms with Gasteiger partial charge in [-0.3, -0.25) is 0 Å². The van der Waals surface area contributed by atoms with E-state index in [1.54, 1.807) is 0 Å². The SMILES string of the molecule is C\C=C/C=C(C)/C=C/C. The largest absolute Gasteiger partial charge is 0.0877 e. The van der Waals surface area contributed by atoms with E-state index in [0.29, 0.717) is 0 Å². The fraction of sp³-hybridized carbons (Fsp3) is 0.333. The standard InChI is InChI=1S/C9H14/c1-4-6-8-9(3)7-5-2/h4-8H,1-3H3/b6-4-,7-5+,9-8+. The van der Waals surface area contributed by atoms with Crippen LogP contribution in [-0.2, 0) is 0 Å². The summed E-state index contributed by atoms with van der Waals surface area (Å²) in [6.07, 6.45) is 10.3. The van der Waals surface area contributed by atoms with Gasteiger partial charge < -0.3 is 0 Å². The Kier molecular flexibility index (Phi) is 4.89. The van der Waals surface area contributed by atoms with Gasteiger partial charge >= 0.3 is 0 Å². The summed E-state index contributed by atoms with van der Waals surface area (Å²) in [5.41, 5.74) is 1.29. The first-order valence-electron chi connectivity index (χ1n) is 3.23. The molecule has 0 aliphatic carbocycles. The minimum atomic E-state index is 1.29. The molecule has 0 heteroatoms. The molecular weight excluding hydrogens is 108 g/mol. The first-order valence-corrected chi connectivity index (χ1v) is 3.23. The van der Waals surface area contributed by atoms with E-state index >= 15 is 0 Å². The van der Waals surface area contributed by atoms with Crippen molar-refractivity contribution < 1.29 is 0 Å². The van der Waals surface area contributed by atoms with Gasteiger partial charge in [-0.2, -0.15) is 0 Å². The van der Waals surface area contributed by atoms with Crippen LogP contribution >= 0.6 is 0 Å². The number of hydrogen-bond donors (Lipinski definition) is 0. The predicted molar refractivity (Wildman–Crippen MR) is 43.4 cm³/mol. The van der Waals surface area contributed by atoms with Gasteiger partial charge in [-0.25, -0.2) is 0 Å². The van der Waals surface area contributed by atoms with E-state index in [9.17, 15) is 0 Å². The third-order valence-electron chi connectivity index (χ3n) is 0.981. The van der Waals surface area contributed by atoms with Gasteiger partial charge in [0.05, 0.1) is 0 Å². The van der Waals surface area contributed by atoms with Crippen LogP contribution in [0.3, 0.4) is 0 Å². The zero-order chi connectivity index (χ0) is 7.11. The minimum absolute atomic E-state index is 1.29. The van der Waals surface area contributed by atoms with E-state index in [1.807, 2.05) is 32.1 Å². The maximum Gasteiger partial charge on any atom is -0.0398 e. The molecule has 0 spiro atoms. The molecule has 0 rings (SSSR count). The first-order chi connectivity index (χ1) is 4.31. The van der Waals surface area contributed by atoms with Gasteiger partial charge in [-0.1, -0.05) is 36.0 Å². The van der Waals surface area contributed by atoms with Crippen molar-refractivity contribution >= 4 is 0 Å². The predicted octanol–water partition coefficient (Wildman–Crippen LogP) is 3.08. The highest BCUT2D eigenvalue weighted by atomic mass is 13.8. The van der Waals surface area contributed by atoms with E-state index in [0.717, 1.165) is 0 Å². The van der Waals surface area contributed by atoms with Gasteiger partial charge in [0, 0.05) is 0 Å². The van der Waals surface area contributed by atoms with Crippen LogP contribution < -0.4 is 0 Å². The Morgan fingerprint density at radius 3 is 2.22 bits per heavy atom. The smallest absolute Gasteiger partial charge is 0.0398 e. The average Bonchev–Trinajstić information content (AvgIpc) is 1.85. The quantitative estimate of drug-likeness (QED) is 0.494. The molecule has 0 radical (unpaired) electrons. The Morgan fingerprint density at radius 1 is 1.11 bits per heavy atom. The second kappa shape index (κ2) is 5.36. The maximum atomic E-state index is 2.08. The first kappa shape index (κ1) is 8.22. The lowest BCUT2D eigenvalue weighted by molar-refractivity contribution is 1.50. The molecule has 0 aliphatic rings. The van der Waals surface area contributed by atoms with Crippen molar-refractivity contribution in [2.75, 3.05) is 0 Å². The van der Waals surface area contributed by atoms with Crippen LogP contribution in [0.2, 0.25) is 0 Å². The van der Waals surface area contributed by atoms with Crippen LogP contribution in [-0.4, -0.2) is 0 Å². The molecule has 0 unspecified atom stereocenters. The Labute approximate surface area is 57.6 Å². The molecule has 0 nitrogen and oxygen atoms in total. The zero-order valence-corrected chi connectivity index (χ0v) is 6.39. The lowest BCUT2D eigenvalue weighted by atomic mass is 10.2. The van der Waals surface area contributed by atoms with E-state index in [-0.39, 0.29) is 0 Å². The molecule has 50 valence electrons. The Balaban J connectivity index is 3.84. The molecule has 0 atom stereocenters. The summed E-state index contributed by atoms with van der Waals surface area (Å²) in [6.45, 7) is 6.12. The summed E-state index contributed by atoms with van der Waals surface area (Å²) < 4.78 is 0. The van der Waals surface area contributed by atoms with Gasteiger partial charge in [-0.05, 0) is 20.8 Å². The lowest BCUT2D eigenvalue weighted by Gasteiger charge is -1.83. The van der Waals surface area contributed by atoms with Gasteiger partial charge in [0.25, 0.3) is 0 Å². The molecule has 0 aromatic carbocycles. The maximum absolute atomic E-state index is 2.08. The summed E-state index contributed by atoms with van der Waals surface area (Å²) >= 11 is 0. The molecule has 0 aliphatic heterocycles. The van der Waals surface area contributed by atoms with Gasteiger partial charge in [0.1, 0.15) is 0 Å². The molecule has 0 aromatic rings. The summed E-state index contributed by atoms with van der Waals surface area (Å²) in [5, 5.41) is 0. The van der Waals surface area contributed by atoms with E-state index in [2.05, 4.69) is 19.1 Å². The lowest BCUT2D eigenvalue weighted by Crippen LogP contribution is -1.62. The molecule has 0 fully saturated rings. The topological polar surface area (TPSA) is 0 Å². The van der Waals surface area contributed by atoms with E-state index < -0.39 is 0 Å². The van der Waals surface area contributed by atoms with Crippen molar-refractivity contribution in [3.63, 3.8) is 0 Å². The van der Waals surface area contributed by atoms with Crippen LogP contribution in [0.5, 0.6) is 0 Å². The third kappa shape index (κ3) is 5.09. The summed E-state index contributed by atoms with van der Waals surface area (Å²) in [7, 11) is 0. The van der Waals surface area contributed by atoms with Crippen molar-refractivity contribution in [1.82, 2.24) is 0 Å². The number of rotatable bonds is 2. The monoisotopic (exact) mass is 122 g/mol. The van der Waals surface area contributed by atoms with Crippen molar-refractivity contribution in [3.05, 3.63) is 36.0 Å². The molecular formula is C9H14. The van der Waals surface area contributed by atoms with Crippen molar-refractivity contribution in [3.8, 4) is 0 Å². The van der Waals surface area contributed by atoms with Gasteiger partial charge in [-0.15, -0.1) is 0 Å². The highest BCUT2D eigenvalue weighted by Gasteiger charge is 1.72. The Morgan fingerprint density at radius 2 is 1.78 bits per heavy atom. The van der Waals surface area contributed by atoms with Crippen molar-refractivity contribution in [1.29, 1.82) is 0 Å². The third-order valence-corrected chi connectivity index (χ3v) is 0.981. The highest BCUT2D eigenvalue weighted by Crippen LogP contribution is 1.93.